The number of ether oxygens (including phenoxy) is 1. The highest BCUT2D eigenvalue weighted by molar-refractivity contribution is 7.92. The van der Waals surface area contributed by atoms with Crippen molar-refractivity contribution in [3.05, 3.63) is 71.8 Å². The summed E-state index contributed by atoms with van der Waals surface area (Å²) in [5, 5.41) is 3.05. The summed E-state index contributed by atoms with van der Waals surface area (Å²) in [6.07, 6.45) is 3.99. The molecule has 0 spiro atoms. The molecule has 1 aliphatic rings. The standard InChI is InChI=1S/C23H25ClN2O5S/c1-3-15-26(20-12-5-4-11-19(20)24)32(29,30)18-10-8-9-17(16-18)21(27)25-23(22(28)31-2)13-6-7-14-23/h3-5,8-12,16H,1,6-7,13-15H2,2H3,(H,25,27). The van der Waals surface area contributed by atoms with Gasteiger partial charge < -0.3 is 10.1 Å². The van der Waals surface area contributed by atoms with Crippen LogP contribution in [0.15, 0.2) is 66.1 Å². The van der Waals surface area contributed by atoms with Crippen LogP contribution in [-0.2, 0) is 19.6 Å². The molecular formula is C23H25ClN2O5S. The highest BCUT2D eigenvalue weighted by Crippen LogP contribution is 2.32. The summed E-state index contributed by atoms with van der Waals surface area (Å²) in [6.45, 7) is 3.64. The van der Waals surface area contributed by atoms with Crippen LogP contribution in [0.1, 0.15) is 36.0 Å². The fraction of sp³-hybridized carbons (Fsp3) is 0.304. The van der Waals surface area contributed by atoms with E-state index >= 15 is 0 Å². The van der Waals surface area contributed by atoms with E-state index in [9.17, 15) is 18.0 Å². The second-order valence-corrected chi connectivity index (χ2v) is 9.81. The Kier molecular flexibility index (Phi) is 7.26. The number of rotatable bonds is 8. The van der Waals surface area contributed by atoms with Crippen LogP contribution in [0.5, 0.6) is 0 Å². The van der Waals surface area contributed by atoms with Gasteiger partial charge in [0.05, 0.1) is 29.3 Å². The molecule has 1 fully saturated rings. The molecule has 1 amide bonds. The van der Waals surface area contributed by atoms with E-state index in [1.165, 1.54) is 37.5 Å². The normalized spacial score (nSPS) is 15.1. The van der Waals surface area contributed by atoms with Crippen LogP contribution in [-0.4, -0.2) is 39.5 Å². The van der Waals surface area contributed by atoms with Gasteiger partial charge in [-0.05, 0) is 43.2 Å². The lowest BCUT2D eigenvalue weighted by atomic mass is 9.97. The van der Waals surface area contributed by atoms with Gasteiger partial charge in [0.25, 0.3) is 15.9 Å². The topological polar surface area (TPSA) is 92.8 Å². The molecule has 32 heavy (non-hydrogen) atoms. The minimum absolute atomic E-state index is 0.00601. The van der Waals surface area contributed by atoms with E-state index < -0.39 is 27.4 Å². The van der Waals surface area contributed by atoms with Crippen LogP contribution >= 0.6 is 11.6 Å². The van der Waals surface area contributed by atoms with Gasteiger partial charge >= 0.3 is 5.97 Å². The molecule has 0 heterocycles. The molecule has 170 valence electrons. The number of methoxy groups -OCH3 is 1. The molecule has 2 aromatic rings. The van der Waals surface area contributed by atoms with Gasteiger partial charge in [0, 0.05) is 5.56 Å². The van der Waals surface area contributed by atoms with Gasteiger partial charge in [0.1, 0.15) is 5.54 Å². The van der Waals surface area contributed by atoms with Crippen LogP contribution in [0.3, 0.4) is 0 Å². The second-order valence-electron chi connectivity index (χ2n) is 7.54. The molecule has 3 rings (SSSR count). The molecule has 0 atom stereocenters. The van der Waals surface area contributed by atoms with Crippen LogP contribution in [0.25, 0.3) is 0 Å². The van der Waals surface area contributed by atoms with E-state index in [-0.39, 0.29) is 22.0 Å². The Balaban J connectivity index is 1.95. The van der Waals surface area contributed by atoms with Gasteiger partial charge in [-0.2, -0.15) is 0 Å². The van der Waals surface area contributed by atoms with Crippen molar-refractivity contribution in [1.29, 1.82) is 0 Å². The number of nitrogens with zero attached hydrogens (tertiary/aromatic N) is 1. The number of anilines is 1. The van der Waals surface area contributed by atoms with Gasteiger partial charge in [0.15, 0.2) is 0 Å². The maximum absolute atomic E-state index is 13.4. The Labute approximate surface area is 193 Å². The second kappa shape index (κ2) is 9.75. The lowest BCUT2D eigenvalue weighted by molar-refractivity contribution is -0.148. The number of nitrogens with one attached hydrogen (secondary N) is 1. The summed E-state index contributed by atoms with van der Waals surface area (Å²) >= 11 is 6.24. The summed E-state index contributed by atoms with van der Waals surface area (Å²) in [7, 11) is -2.77. The number of amides is 1. The molecule has 0 aromatic heterocycles. The number of sulfonamides is 1. The number of hydrogen-bond acceptors (Lipinski definition) is 5. The van der Waals surface area contributed by atoms with Crippen LogP contribution < -0.4 is 9.62 Å². The van der Waals surface area contributed by atoms with Gasteiger partial charge in [0.2, 0.25) is 0 Å². The first-order chi connectivity index (χ1) is 15.2. The van der Waals surface area contributed by atoms with Crippen LogP contribution in [0.2, 0.25) is 5.02 Å². The lowest BCUT2D eigenvalue weighted by Gasteiger charge is -2.27. The van der Waals surface area contributed by atoms with E-state index in [0.717, 1.165) is 17.1 Å². The van der Waals surface area contributed by atoms with Crippen molar-refractivity contribution in [2.24, 2.45) is 0 Å². The number of esters is 1. The average Bonchev–Trinajstić information content (AvgIpc) is 3.27. The largest absolute Gasteiger partial charge is 0.467 e. The number of halogens is 1. The predicted octanol–water partition coefficient (Wildman–Crippen LogP) is 3.94. The zero-order valence-electron chi connectivity index (χ0n) is 17.7. The highest BCUT2D eigenvalue weighted by atomic mass is 35.5. The minimum Gasteiger partial charge on any atom is -0.467 e. The Morgan fingerprint density at radius 3 is 2.50 bits per heavy atom. The summed E-state index contributed by atoms with van der Waals surface area (Å²) in [5.41, 5.74) is -0.661. The predicted molar refractivity (Wildman–Crippen MR) is 123 cm³/mol. The van der Waals surface area contributed by atoms with E-state index in [1.807, 2.05) is 0 Å². The first kappa shape index (κ1) is 23.8. The molecular weight excluding hydrogens is 452 g/mol. The zero-order valence-corrected chi connectivity index (χ0v) is 19.3. The molecule has 1 saturated carbocycles. The van der Waals surface area contributed by atoms with Crippen LogP contribution in [0, 0.1) is 0 Å². The molecule has 0 saturated heterocycles. The third-order valence-corrected chi connectivity index (χ3v) is 7.58. The van der Waals surface area contributed by atoms with Crippen molar-refractivity contribution in [3.63, 3.8) is 0 Å². The number of benzene rings is 2. The zero-order chi connectivity index (χ0) is 23.4. The summed E-state index contributed by atoms with van der Waals surface area (Å²) in [6, 6.07) is 12.3. The van der Waals surface area contributed by atoms with E-state index in [1.54, 1.807) is 24.3 Å². The van der Waals surface area contributed by atoms with E-state index in [2.05, 4.69) is 11.9 Å². The molecule has 7 nitrogen and oxygen atoms in total. The summed E-state index contributed by atoms with van der Waals surface area (Å²) in [4.78, 5) is 25.2. The average molecular weight is 477 g/mol. The van der Waals surface area contributed by atoms with Gasteiger partial charge in [-0.25, -0.2) is 13.2 Å². The van der Waals surface area contributed by atoms with Crippen molar-refractivity contribution in [2.45, 2.75) is 36.1 Å². The highest BCUT2D eigenvalue weighted by Gasteiger charge is 2.43. The first-order valence-corrected chi connectivity index (χ1v) is 12.0. The SMILES string of the molecule is C=CCN(c1ccccc1Cl)S(=O)(=O)c1cccc(C(=O)NC2(C(=O)OC)CCCC2)c1. The first-order valence-electron chi connectivity index (χ1n) is 10.1. The minimum atomic E-state index is -4.05. The molecule has 0 aliphatic heterocycles. The Morgan fingerprint density at radius 2 is 1.88 bits per heavy atom. The molecule has 0 bridgehead atoms. The van der Waals surface area contributed by atoms with Gasteiger partial charge in [-0.15, -0.1) is 6.58 Å². The summed E-state index contributed by atoms with van der Waals surface area (Å²) < 4.78 is 32.9. The van der Waals surface area contributed by atoms with Crippen molar-refractivity contribution < 1.29 is 22.7 Å². The number of carbonyl (C=O) groups is 2. The van der Waals surface area contributed by atoms with Crippen molar-refractivity contribution in [3.8, 4) is 0 Å². The number of hydrogen-bond donors (Lipinski definition) is 1. The van der Waals surface area contributed by atoms with E-state index in [4.69, 9.17) is 16.3 Å². The maximum Gasteiger partial charge on any atom is 0.331 e. The number of carbonyl (C=O) groups excluding carboxylic acids is 2. The van der Waals surface area contributed by atoms with Crippen molar-refractivity contribution in [1.82, 2.24) is 5.32 Å². The van der Waals surface area contributed by atoms with Crippen LogP contribution in [0.4, 0.5) is 5.69 Å². The van der Waals surface area contributed by atoms with Gasteiger partial charge in [-0.1, -0.05) is 48.7 Å². The summed E-state index contributed by atoms with van der Waals surface area (Å²) in [5.74, 6) is -1.04. The fourth-order valence-corrected chi connectivity index (χ4v) is 5.65. The van der Waals surface area contributed by atoms with Crippen molar-refractivity contribution in [2.75, 3.05) is 18.0 Å². The molecule has 1 aliphatic carbocycles. The molecule has 0 unspecified atom stereocenters. The van der Waals surface area contributed by atoms with E-state index in [0.29, 0.717) is 18.5 Å². The molecule has 1 N–H and O–H groups in total. The molecule has 2 aromatic carbocycles. The van der Waals surface area contributed by atoms with Gasteiger partial charge in [-0.3, -0.25) is 9.10 Å². The Hall–Kier alpha value is -2.84. The smallest absolute Gasteiger partial charge is 0.331 e. The quantitative estimate of drug-likeness (QED) is 0.460. The molecule has 9 heteroatoms. The van der Waals surface area contributed by atoms with Crippen molar-refractivity contribution >= 4 is 39.2 Å². The molecule has 0 radical (unpaired) electrons. The monoisotopic (exact) mass is 476 g/mol. The number of para-hydroxylation sites is 1. The maximum atomic E-state index is 13.4. The Morgan fingerprint density at radius 1 is 1.19 bits per heavy atom. The Bertz CT molecular complexity index is 1130. The third kappa shape index (κ3) is 4.66. The lowest BCUT2D eigenvalue weighted by Crippen LogP contribution is -2.53. The third-order valence-electron chi connectivity index (χ3n) is 5.49. The fourth-order valence-electron chi connectivity index (χ4n) is 3.87.